The second-order valence-electron chi connectivity index (χ2n) is 10.9. The monoisotopic (exact) mass is 495 g/mol. The number of anilines is 1. The topological polar surface area (TPSA) is 64.1 Å². The van der Waals surface area contributed by atoms with Crippen LogP contribution in [-0.2, 0) is 16.1 Å². The minimum atomic E-state index is -0.494. The van der Waals surface area contributed by atoms with E-state index in [1.165, 1.54) is 18.4 Å². The maximum Gasteiger partial charge on any atom is 0.410 e. The Bertz CT molecular complexity index is 962. The molecule has 4 rings (SSSR count). The number of carbonyl (C=O) groups excluding carboxylic acids is 1. The summed E-state index contributed by atoms with van der Waals surface area (Å²) in [5.41, 5.74) is 1.84. The smallest absolute Gasteiger partial charge is 0.410 e. The third-order valence-electron chi connectivity index (χ3n) is 6.81. The van der Waals surface area contributed by atoms with Crippen LogP contribution in [-0.4, -0.2) is 60.5 Å². The predicted molar refractivity (Wildman–Crippen MR) is 141 cm³/mol. The summed E-state index contributed by atoms with van der Waals surface area (Å²) >= 11 is 0. The quantitative estimate of drug-likeness (QED) is 0.395. The Morgan fingerprint density at radius 3 is 2.75 bits per heavy atom. The van der Waals surface area contributed by atoms with E-state index in [1.54, 1.807) is 11.1 Å². The molecule has 0 radical (unpaired) electrons. The zero-order valence-electron chi connectivity index (χ0n) is 22.0. The lowest BCUT2D eigenvalue weighted by Gasteiger charge is -2.28. The first-order valence-corrected chi connectivity index (χ1v) is 13.3. The molecule has 2 atom stereocenters. The van der Waals surface area contributed by atoms with Crippen LogP contribution in [0.25, 0.3) is 0 Å². The third-order valence-corrected chi connectivity index (χ3v) is 6.81. The molecule has 7 heteroatoms. The van der Waals surface area contributed by atoms with Crippen molar-refractivity contribution in [1.82, 2.24) is 9.88 Å². The van der Waals surface area contributed by atoms with Crippen LogP contribution in [0.5, 0.6) is 5.75 Å². The summed E-state index contributed by atoms with van der Waals surface area (Å²) in [7, 11) is 0. The van der Waals surface area contributed by atoms with Gasteiger partial charge < -0.3 is 24.0 Å². The summed E-state index contributed by atoms with van der Waals surface area (Å²) in [5, 5.41) is 0. The molecule has 2 aliphatic rings. The number of aromatic nitrogens is 1. The van der Waals surface area contributed by atoms with Crippen molar-refractivity contribution in [3.8, 4) is 5.75 Å². The van der Waals surface area contributed by atoms with E-state index in [0.29, 0.717) is 25.7 Å². The van der Waals surface area contributed by atoms with Gasteiger partial charge in [-0.2, -0.15) is 0 Å². The molecule has 1 aromatic carbocycles. The molecule has 1 amide bonds. The lowest BCUT2D eigenvalue weighted by Crippen LogP contribution is -2.42. The van der Waals surface area contributed by atoms with Gasteiger partial charge in [0, 0.05) is 32.3 Å². The van der Waals surface area contributed by atoms with Gasteiger partial charge in [-0.3, -0.25) is 4.98 Å². The van der Waals surface area contributed by atoms with Crippen LogP contribution in [0.4, 0.5) is 10.5 Å². The first-order valence-electron chi connectivity index (χ1n) is 13.3. The molecule has 2 fully saturated rings. The standard InChI is InChI=1S/C29H41N3O4/c1-29(2,3)36-28(33)32-14-7-12-25(32)22-35-27-17-26(18-30-19-27)31-15-13-23(20-31)11-8-16-34-21-24-9-5-4-6-10-24/h4-6,9-10,17-19,23,25H,7-8,11-16,20-22H2,1-3H3/t23?,25-/m0/s1. The van der Waals surface area contributed by atoms with E-state index in [-0.39, 0.29) is 12.1 Å². The Labute approximate surface area is 215 Å². The van der Waals surface area contributed by atoms with Crippen molar-refractivity contribution in [1.29, 1.82) is 0 Å². The molecule has 1 unspecified atom stereocenters. The van der Waals surface area contributed by atoms with Crippen LogP contribution < -0.4 is 9.64 Å². The van der Waals surface area contributed by atoms with Crippen molar-refractivity contribution in [3.05, 3.63) is 54.4 Å². The fourth-order valence-electron chi connectivity index (χ4n) is 4.96. The summed E-state index contributed by atoms with van der Waals surface area (Å²) in [6.07, 6.45) is 8.77. The molecule has 3 heterocycles. The van der Waals surface area contributed by atoms with Crippen LogP contribution in [0.1, 0.15) is 58.4 Å². The summed E-state index contributed by atoms with van der Waals surface area (Å²) in [4.78, 5) is 21.2. The average Bonchev–Trinajstić information content (AvgIpc) is 3.52. The van der Waals surface area contributed by atoms with Crippen molar-refractivity contribution >= 4 is 11.8 Å². The lowest BCUT2D eigenvalue weighted by molar-refractivity contribution is 0.0187. The molecule has 0 bridgehead atoms. The Morgan fingerprint density at radius 1 is 1.11 bits per heavy atom. The zero-order valence-corrected chi connectivity index (χ0v) is 22.0. The molecule has 7 nitrogen and oxygen atoms in total. The van der Waals surface area contributed by atoms with Gasteiger partial charge in [0.2, 0.25) is 0 Å². The van der Waals surface area contributed by atoms with Crippen molar-refractivity contribution in [2.45, 2.75) is 71.1 Å². The Kier molecular flexibility index (Phi) is 9.08. The summed E-state index contributed by atoms with van der Waals surface area (Å²) in [6.45, 7) is 10.4. The zero-order chi connectivity index (χ0) is 25.4. The largest absolute Gasteiger partial charge is 0.490 e. The molecule has 36 heavy (non-hydrogen) atoms. The van der Waals surface area contributed by atoms with E-state index in [1.807, 2.05) is 45.2 Å². The van der Waals surface area contributed by atoms with Crippen molar-refractivity contribution < 1.29 is 19.0 Å². The number of hydrogen-bond acceptors (Lipinski definition) is 6. The van der Waals surface area contributed by atoms with Gasteiger partial charge >= 0.3 is 6.09 Å². The number of carbonyl (C=O) groups is 1. The summed E-state index contributed by atoms with van der Waals surface area (Å²) in [5.74, 6) is 1.43. The number of benzene rings is 1. The number of ether oxygens (including phenoxy) is 3. The highest BCUT2D eigenvalue weighted by atomic mass is 16.6. The molecule has 0 spiro atoms. The molecule has 2 aromatic rings. The number of nitrogens with zero attached hydrogens (tertiary/aromatic N) is 3. The summed E-state index contributed by atoms with van der Waals surface area (Å²) in [6, 6.07) is 12.4. The number of likely N-dealkylation sites (tertiary alicyclic amines) is 1. The minimum absolute atomic E-state index is 0.0313. The molecule has 0 N–H and O–H groups in total. The first-order chi connectivity index (χ1) is 17.4. The van der Waals surface area contributed by atoms with Gasteiger partial charge in [-0.1, -0.05) is 30.3 Å². The Morgan fingerprint density at radius 2 is 1.94 bits per heavy atom. The average molecular weight is 496 g/mol. The normalized spacial score (nSPS) is 20.1. The van der Waals surface area contributed by atoms with Gasteiger partial charge in [-0.25, -0.2) is 4.79 Å². The minimum Gasteiger partial charge on any atom is -0.490 e. The van der Waals surface area contributed by atoms with Crippen LogP contribution in [0, 0.1) is 5.92 Å². The van der Waals surface area contributed by atoms with Gasteiger partial charge in [-0.15, -0.1) is 0 Å². The van der Waals surface area contributed by atoms with Crippen LogP contribution >= 0.6 is 0 Å². The molecule has 196 valence electrons. The predicted octanol–water partition coefficient (Wildman–Crippen LogP) is 5.68. The highest BCUT2D eigenvalue weighted by molar-refractivity contribution is 5.69. The molecule has 0 aliphatic carbocycles. The number of amides is 1. The first kappa shape index (κ1) is 26.3. The number of hydrogen-bond donors (Lipinski definition) is 0. The van der Waals surface area contributed by atoms with E-state index >= 15 is 0 Å². The van der Waals surface area contributed by atoms with Crippen molar-refractivity contribution in [2.24, 2.45) is 5.92 Å². The second kappa shape index (κ2) is 12.4. The molecule has 2 saturated heterocycles. The van der Waals surface area contributed by atoms with Gasteiger partial charge in [0.05, 0.1) is 30.7 Å². The van der Waals surface area contributed by atoms with Gasteiger partial charge in [0.25, 0.3) is 0 Å². The van der Waals surface area contributed by atoms with Crippen LogP contribution in [0.2, 0.25) is 0 Å². The number of pyridine rings is 1. The Balaban J connectivity index is 1.19. The Hall–Kier alpha value is -2.80. The highest BCUT2D eigenvalue weighted by Crippen LogP contribution is 2.29. The van der Waals surface area contributed by atoms with Gasteiger partial charge in [-0.05, 0) is 64.4 Å². The van der Waals surface area contributed by atoms with E-state index < -0.39 is 5.60 Å². The lowest BCUT2D eigenvalue weighted by atomic mass is 10.0. The SMILES string of the molecule is CC(C)(C)OC(=O)N1CCC[C@H]1COc1cncc(N2CCC(CCCOCc3ccccc3)C2)c1. The maximum absolute atomic E-state index is 12.5. The molecule has 0 saturated carbocycles. The molecule has 1 aromatic heterocycles. The molecular formula is C29H41N3O4. The molecular weight excluding hydrogens is 454 g/mol. The van der Waals surface area contributed by atoms with E-state index in [0.717, 1.165) is 50.4 Å². The maximum atomic E-state index is 12.5. The molecule has 2 aliphatic heterocycles. The third kappa shape index (κ3) is 7.85. The van der Waals surface area contributed by atoms with Gasteiger partial charge in [0.15, 0.2) is 0 Å². The van der Waals surface area contributed by atoms with Crippen molar-refractivity contribution in [3.63, 3.8) is 0 Å². The van der Waals surface area contributed by atoms with Crippen LogP contribution in [0.15, 0.2) is 48.8 Å². The van der Waals surface area contributed by atoms with Crippen LogP contribution in [0.3, 0.4) is 0 Å². The number of rotatable bonds is 10. The van der Waals surface area contributed by atoms with E-state index in [2.05, 4.69) is 28.1 Å². The van der Waals surface area contributed by atoms with Gasteiger partial charge in [0.1, 0.15) is 18.0 Å². The fraction of sp³-hybridized carbons (Fsp3) is 0.586. The summed E-state index contributed by atoms with van der Waals surface area (Å²) < 4.78 is 17.5. The highest BCUT2D eigenvalue weighted by Gasteiger charge is 2.32. The van der Waals surface area contributed by atoms with E-state index in [9.17, 15) is 4.79 Å². The van der Waals surface area contributed by atoms with E-state index in [4.69, 9.17) is 14.2 Å². The van der Waals surface area contributed by atoms with Crippen molar-refractivity contribution in [2.75, 3.05) is 37.7 Å². The fourth-order valence-corrected chi connectivity index (χ4v) is 4.96. The second-order valence-corrected chi connectivity index (χ2v) is 10.9.